The van der Waals surface area contributed by atoms with Crippen LogP contribution in [0.1, 0.15) is 17.2 Å². The minimum absolute atomic E-state index is 0.337. The SMILES string of the molecule is OC(CNCc1ccoc1)c1cccc(F)c1. The van der Waals surface area contributed by atoms with Crippen molar-refractivity contribution < 1.29 is 13.9 Å². The van der Waals surface area contributed by atoms with Gasteiger partial charge in [-0.05, 0) is 23.8 Å². The average Bonchev–Trinajstić information content (AvgIpc) is 2.82. The minimum Gasteiger partial charge on any atom is -0.472 e. The zero-order valence-electron chi connectivity index (χ0n) is 9.27. The average molecular weight is 235 g/mol. The van der Waals surface area contributed by atoms with Crippen LogP contribution in [0.2, 0.25) is 0 Å². The van der Waals surface area contributed by atoms with Crippen LogP contribution in [0.25, 0.3) is 0 Å². The summed E-state index contributed by atoms with van der Waals surface area (Å²) in [6.07, 6.45) is 2.53. The van der Waals surface area contributed by atoms with Crippen LogP contribution in [0.15, 0.2) is 47.3 Å². The van der Waals surface area contributed by atoms with E-state index in [0.29, 0.717) is 18.7 Å². The molecule has 1 unspecified atom stereocenters. The Morgan fingerprint density at radius 3 is 2.94 bits per heavy atom. The van der Waals surface area contributed by atoms with Crippen molar-refractivity contribution in [2.75, 3.05) is 6.54 Å². The molecule has 0 saturated heterocycles. The fraction of sp³-hybridized carbons (Fsp3) is 0.231. The van der Waals surface area contributed by atoms with Crippen LogP contribution in [0, 0.1) is 5.82 Å². The molecule has 1 aromatic carbocycles. The summed E-state index contributed by atoms with van der Waals surface area (Å²) < 4.78 is 17.8. The Balaban J connectivity index is 1.83. The van der Waals surface area contributed by atoms with E-state index in [1.165, 1.54) is 12.1 Å². The molecule has 0 bridgehead atoms. The van der Waals surface area contributed by atoms with Gasteiger partial charge in [0.15, 0.2) is 0 Å². The van der Waals surface area contributed by atoms with Crippen molar-refractivity contribution in [2.45, 2.75) is 12.6 Å². The van der Waals surface area contributed by atoms with E-state index in [0.717, 1.165) is 5.56 Å². The molecule has 2 rings (SSSR count). The van der Waals surface area contributed by atoms with Gasteiger partial charge < -0.3 is 14.8 Å². The Morgan fingerprint density at radius 1 is 1.35 bits per heavy atom. The second-order valence-corrected chi connectivity index (χ2v) is 3.83. The van der Waals surface area contributed by atoms with Gasteiger partial charge in [0.1, 0.15) is 5.82 Å². The van der Waals surface area contributed by atoms with Crippen LogP contribution in [0.3, 0.4) is 0 Å². The Morgan fingerprint density at radius 2 is 2.24 bits per heavy atom. The molecule has 0 radical (unpaired) electrons. The maximum Gasteiger partial charge on any atom is 0.123 e. The number of hydrogen-bond acceptors (Lipinski definition) is 3. The topological polar surface area (TPSA) is 45.4 Å². The highest BCUT2D eigenvalue weighted by Gasteiger charge is 2.07. The Hall–Kier alpha value is -1.65. The lowest BCUT2D eigenvalue weighted by molar-refractivity contribution is 0.174. The summed E-state index contributed by atoms with van der Waals surface area (Å²) in [5.41, 5.74) is 1.58. The Labute approximate surface area is 98.9 Å². The van der Waals surface area contributed by atoms with Crippen LogP contribution in [0.4, 0.5) is 4.39 Å². The van der Waals surface area contributed by atoms with Gasteiger partial charge in [0, 0.05) is 18.7 Å². The van der Waals surface area contributed by atoms with Gasteiger partial charge in [0.25, 0.3) is 0 Å². The monoisotopic (exact) mass is 235 g/mol. The van der Waals surface area contributed by atoms with E-state index in [1.807, 2.05) is 6.07 Å². The summed E-state index contributed by atoms with van der Waals surface area (Å²) in [7, 11) is 0. The molecule has 3 nitrogen and oxygen atoms in total. The van der Waals surface area contributed by atoms with Crippen molar-refractivity contribution in [1.29, 1.82) is 0 Å². The maximum atomic E-state index is 12.9. The summed E-state index contributed by atoms with van der Waals surface area (Å²) >= 11 is 0. The molecular weight excluding hydrogens is 221 g/mol. The highest BCUT2D eigenvalue weighted by molar-refractivity contribution is 5.19. The van der Waals surface area contributed by atoms with Crippen molar-refractivity contribution >= 4 is 0 Å². The van der Waals surface area contributed by atoms with Crippen LogP contribution >= 0.6 is 0 Å². The number of benzene rings is 1. The molecule has 2 N–H and O–H groups in total. The summed E-state index contributed by atoms with van der Waals surface area (Å²) in [6.45, 7) is 0.984. The lowest BCUT2D eigenvalue weighted by atomic mass is 10.1. The molecule has 17 heavy (non-hydrogen) atoms. The first kappa shape index (κ1) is 11.8. The summed E-state index contributed by atoms with van der Waals surface area (Å²) in [5, 5.41) is 12.9. The first-order chi connectivity index (χ1) is 8.25. The summed E-state index contributed by atoms with van der Waals surface area (Å²) in [4.78, 5) is 0. The van der Waals surface area contributed by atoms with Gasteiger partial charge in [0.2, 0.25) is 0 Å². The highest BCUT2D eigenvalue weighted by Crippen LogP contribution is 2.13. The van der Waals surface area contributed by atoms with E-state index in [2.05, 4.69) is 5.32 Å². The van der Waals surface area contributed by atoms with Gasteiger partial charge in [-0.1, -0.05) is 12.1 Å². The van der Waals surface area contributed by atoms with Gasteiger partial charge in [-0.3, -0.25) is 0 Å². The van der Waals surface area contributed by atoms with E-state index in [1.54, 1.807) is 24.7 Å². The zero-order valence-corrected chi connectivity index (χ0v) is 9.27. The van der Waals surface area contributed by atoms with E-state index >= 15 is 0 Å². The first-order valence-electron chi connectivity index (χ1n) is 5.41. The number of aliphatic hydroxyl groups excluding tert-OH is 1. The van der Waals surface area contributed by atoms with E-state index in [-0.39, 0.29) is 5.82 Å². The Bertz CT molecular complexity index is 456. The number of rotatable bonds is 5. The van der Waals surface area contributed by atoms with Crippen LogP contribution in [-0.2, 0) is 6.54 Å². The second kappa shape index (κ2) is 5.61. The molecule has 0 amide bonds. The molecule has 1 atom stereocenters. The molecule has 0 fully saturated rings. The maximum absolute atomic E-state index is 12.9. The fourth-order valence-corrected chi connectivity index (χ4v) is 1.58. The third kappa shape index (κ3) is 3.41. The number of nitrogens with one attached hydrogen (secondary N) is 1. The van der Waals surface area contributed by atoms with Gasteiger partial charge >= 0.3 is 0 Å². The molecule has 0 aliphatic carbocycles. The van der Waals surface area contributed by atoms with Crippen LogP contribution < -0.4 is 5.32 Å². The number of halogens is 1. The molecular formula is C13H14FNO2. The molecule has 2 aromatic rings. The van der Waals surface area contributed by atoms with Crippen molar-refractivity contribution in [3.05, 3.63) is 59.8 Å². The van der Waals surface area contributed by atoms with Gasteiger partial charge in [-0.15, -0.1) is 0 Å². The third-order valence-corrected chi connectivity index (χ3v) is 2.48. The van der Waals surface area contributed by atoms with Crippen molar-refractivity contribution in [3.63, 3.8) is 0 Å². The lowest BCUT2D eigenvalue weighted by Gasteiger charge is -2.11. The minimum atomic E-state index is -0.711. The number of hydrogen-bond donors (Lipinski definition) is 2. The van der Waals surface area contributed by atoms with E-state index in [9.17, 15) is 9.50 Å². The standard InChI is InChI=1S/C13H14FNO2/c14-12-3-1-2-11(6-12)13(16)8-15-7-10-4-5-17-9-10/h1-6,9,13,15-16H,7-8H2. The van der Waals surface area contributed by atoms with Crippen LogP contribution in [-0.4, -0.2) is 11.7 Å². The lowest BCUT2D eigenvalue weighted by Crippen LogP contribution is -2.20. The van der Waals surface area contributed by atoms with Crippen molar-refractivity contribution in [2.24, 2.45) is 0 Å². The quantitative estimate of drug-likeness (QED) is 0.835. The van der Waals surface area contributed by atoms with Crippen molar-refractivity contribution in [3.8, 4) is 0 Å². The first-order valence-corrected chi connectivity index (χ1v) is 5.41. The van der Waals surface area contributed by atoms with E-state index in [4.69, 9.17) is 4.42 Å². The highest BCUT2D eigenvalue weighted by atomic mass is 19.1. The summed E-state index contributed by atoms with van der Waals surface area (Å²) in [6, 6.07) is 7.83. The number of furan rings is 1. The predicted molar refractivity (Wildman–Crippen MR) is 61.8 cm³/mol. The fourth-order valence-electron chi connectivity index (χ4n) is 1.58. The van der Waals surface area contributed by atoms with Gasteiger partial charge in [0.05, 0.1) is 18.6 Å². The molecule has 0 saturated carbocycles. The molecule has 0 spiro atoms. The molecule has 1 heterocycles. The molecule has 0 aliphatic heterocycles. The Kier molecular flexibility index (Phi) is 3.90. The summed E-state index contributed by atoms with van der Waals surface area (Å²) in [5.74, 6) is -0.337. The van der Waals surface area contributed by atoms with Gasteiger partial charge in [-0.25, -0.2) is 4.39 Å². The molecule has 90 valence electrons. The second-order valence-electron chi connectivity index (χ2n) is 3.83. The number of aliphatic hydroxyl groups is 1. The molecule has 4 heteroatoms. The molecule has 1 aromatic heterocycles. The third-order valence-electron chi connectivity index (χ3n) is 2.48. The largest absolute Gasteiger partial charge is 0.472 e. The molecule has 0 aliphatic rings. The van der Waals surface area contributed by atoms with Crippen molar-refractivity contribution in [1.82, 2.24) is 5.32 Å². The zero-order chi connectivity index (χ0) is 12.1. The van der Waals surface area contributed by atoms with E-state index < -0.39 is 6.10 Å². The smallest absolute Gasteiger partial charge is 0.123 e. The predicted octanol–water partition coefficient (Wildman–Crippen LogP) is 2.24. The van der Waals surface area contributed by atoms with Crippen LogP contribution in [0.5, 0.6) is 0 Å². The normalized spacial score (nSPS) is 12.6. The van der Waals surface area contributed by atoms with Gasteiger partial charge in [-0.2, -0.15) is 0 Å².